The highest BCUT2D eigenvalue weighted by Gasteiger charge is 2.20. The van der Waals surface area contributed by atoms with E-state index >= 15 is 0 Å². The topological polar surface area (TPSA) is 94.2 Å². The number of carbonyl (C=O) groups is 2. The maximum atomic E-state index is 12.2. The van der Waals surface area contributed by atoms with Gasteiger partial charge in [0.05, 0.1) is 5.56 Å². The SMILES string of the molecule is Cn1cc(C(=O)NC(C(N)=O)c2ccccc2)ccc1=O. The lowest BCUT2D eigenvalue weighted by Gasteiger charge is -2.16. The molecule has 0 bridgehead atoms. The third kappa shape index (κ3) is 3.36. The van der Waals surface area contributed by atoms with Gasteiger partial charge in [-0.25, -0.2) is 0 Å². The van der Waals surface area contributed by atoms with E-state index in [1.54, 1.807) is 37.4 Å². The van der Waals surface area contributed by atoms with Gasteiger partial charge in [0, 0.05) is 19.3 Å². The smallest absolute Gasteiger partial charge is 0.253 e. The fourth-order valence-electron chi connectivity index (χ4n) is 1.91. The number of primary amides is 1. The number of amides is 2. The van der Waals surface area contributed by atoms with Crippen LogP contribution in [-0.2, 0) is 11.8 Å². The Balaban J connectivity index is 2.25. The highest BCUT2D eigenvalue weighted by Crippen LogP contribution is 2.12. The van der Waals surface area contributed by atoms with Crippen molar-refractivity contribution in [2.75, 3.05) is 0 Å². The van der Waals surface area contributed by atoms with Gasteiger partial charge in [-0.2, -0.15) is 0 Å². The highest BCUT2D eigenvalue weighted by atomic mass is 16.2. The number of benzene rings is 1. The molecule has 1 unspecified atom stereocenters. The van der Waals surface area contributed by atoms with Gasteiger partial charge in [0.1, 0.15) is 6.04 Å². The largest absolute Gasteiger partial charge is 0.368 e. The van der Waals surface area contributed by atoms with Crippen molar-refractivity contribution in [2.24, 2.45) is 12.8 Å². The summed E-state index contributed by atoms with van der Waals surface area (Å²) in [7, 11) is 1.54. The van der Waals surface area contributed by atoms with E-state index in [0.29, 0.717) is 5.56 Å². The third-order valence-electron chi connectivity index (χ3n) is 3.04. The minimum Gasteiger partial charge on any atom is -0.368 e. The van der Waals surface area contributed by atoms with Crippen LogP contribution in [0.25, 0.3) is 0 Å². The first-order valence-electron chi connectivity index (χ1n) is 6.31. The molecule has 108 valence electrons. The van der Waals surface area contributed by atoms with Gasteiger partial charge in [-0.05, 0) is 11.6 Å². The molecule has 6 nitrogen and oxygen atoms in total. The first kappa shape index (κ1) is 14.5. The van der Waals surface area contributed by atoms with Crippen LogP contribution >= 0.6 is 0 Å². The molecule has 1 aromatic carbocycles. The Morgan fingerprint density at radius 2 is 1.81 bits per heavy atom. The number of aryl methyl sites for hydroxylation is 1. The number of aromatic nitrogens is 1. The van der Waals surface area contributed by atoms with Crippen LogP contribution in [-0.4, -0.2) is 16.4 Å². The Morgan fingerprint density at radius 3 is 2.38 bits per heavy atom. The summed E-state index contributed by atoms with van der Waals surface area (Å²) < 4.78 is 1.29. The van der Waals surface area contributed by atoms with Crippen LogP contribution in [0.5, 0.6) is 0 Å². The van der Waals surface area contributed by atoms with Crippen LogP contribution in [0.2, 0.25) is 0 Å². The molecule has 1 atom stereocenters. The number of pyridine rings is 1. The lowest BCUT2D eigenvalue weighted by molar-refractivity contribution is -0.120. The molecule has 0 fully saturated rings. The van der Waals surface area contributed by atoms with Crippen molar-refractivity contribution in [3.05, 3.63) is 70.1 Å². The Morgan fingerprint density at radius 1 is 1.14 bits per heavy atom. The Kier molecular flexibility index (Phi) is 4.18. The minimum absolute atomic E-state index is 0.221. The van der Waals surface area contributed by atoms with Crippen molar-refractivity contribution >= 4 is 11.8 Å². The van der Waals surface area contributed by atoms with E-state index in [-0.39, 0.29) is 11.1 Å². The molecule has 21 heavy (non-hydrogen) atoms. The van der Waals surface area contributed by atoms with Crippen molar-refractivity contribution in [1.29, 1.82) is 0 Å². The summed E-state index contributed by atoms with van der Waals surface area (Å²) in [6.07, 6.45) is 1.40. The van der Waals surface area contributed by atoms with Gasteiger partial charge < -0.3 is 15.6 Å². The summed E-state index contributed by atoms with van der Waals surface area (Å²) in [6, 6.07) is 10.5. The second-order valence-electron chi connectivity index (χ2n) is 4.59. The Bertz CT molecular complexity index is 722. The average molecular weight is 285 g/mol. The van der Waals surface area contributed by atoms with Crippen molar-refractivity contribution in [2.45, 2.75) is 6.04 Å². The number of nitrogens with zero attached hydrogens (tertiary/aromatic N) is 1. The molecule has 2 amide bonds. The number of nitrogens with one attached hydrogen (secondary N) is 1. The second kappa shape index (κ2) is 6.04. The zero-order valence-electron chi connectivity index (χ0n) is 11.4. The van der Waals surface area contributed by atoms with Crippen LogP contribution < -0.4 is 16.6 Å². The summed E-state index contributed by atoms with van der Waals surface area (Å²) in [5.41, 5.74) is 6.00. The van der Waals surface area contributed by atoms with Gasteiger partial charge >= 0.3 is 0 Å². The van der Waals surface area contributed by atoms with Gasteiger partial charge in [0.25, 0.3) is 5.91 Å². The number of carbonyl (C=O) groups excluding carboxylic acids is 2. The molecule has 1 aromatic heterocycles. The van der Waals surface area contributed by atoms with Gasteiger partial charge in [-0.1, -0.05) is 30.3 Å². The second-order valence-corrected chi connectivity index (χ2v) is 4.59. The number of rotatable bonds is 4. The molecule has 1 heterocycles. The van der Waals surface area contributed by atoms with Crippen LogP contribution in [0.3, 0.4) is 0 Å². The lowest BCUT2D eigenvalue weighted by Crippen LogP contribution is -2.37. The fourth-order valence-corrected chi connectivity index (χ4v) is 1.91. The fraction of sp³-hybridized carbons (Fsp3) is 0.133. The number of hydrogen-bond acceptors (Lipinski definition) is 3. The summed E-state index contributed by atoms with van der Waals surface area (Å²) >= 11 is 0. The normalized spacial score (nSPS) is 11.7. The zero-order chi connectivity index (χ0) is 15.4. The maximum absolute atomic E-state index is 12.2. The number of hydrogen-bond donors (Lipinski definition) is 2. The van der Waals surface area contributed by atoms with Gasteiger partial charge in [-0.3, -0.25) is 14.4 Å². The monoisotopic (exact) mass is 285 g/mol. The molecular formula is C15H15N3O3. The summed E-state index contributed by atoms with van der Waals surface area (Å²) in [5.74, 6) is -1.13. The van der Waals surface area contributed by atoms with E-state index in [0.717, 1.165) is 0 Å². The molecule has 2 aromatic rings. The van der Waals surface area contributed by atoms with E-state index in [1.807, 2.05) is 0 Å². The van der Waals surface area contributed by atoms with Crippen LogP contribution in [0.15, 0.2) is 53.5 Å². The molecule has 2 rings (SSSR count). The first-order chi connectivity index (χ1) is 9.99. The molecule has 0 radical (unpaired) electrons. The third-order valence-corrected chi connectivity index (χ3v) is 3.04. The zero-order valence-corrected chi connectivity index (χ0v) is 11.4. The molecule has 0 saturated heterocycles. The molecule has 3 N–H and O–H groups in total. The summed E-state index contributed by atoms with van der Waals surface area (Å²) in [4.78, 5) is 35.0. The van der Waals surface area contributed by atoms with E-state index in [2.05, 4.69) is 5.32 Å². The van der Waals surface area contributed by atoms with E-state index in [9.17, 15) is 14.4 Å². The van der Waals surface area contributed by atoms with Crippen molar-refractivity contribution < 1.29 is 9.59 Å². The molecule has 0 aliphatic rings. The van der Waals surface area contributed by atoms with E-state index < -0.39 is 17.9 Å². The standard InChI is InChI=1S/C15H15N3O3/c1-18-9-11(7-8-12(18)19)15(21)17-13(14(16)20)10-5-3-2-4-6-10/h2-9,13H,1H3,(H2,16,20)(H,17,21). The summed E-state index contributed by atoms with van der Waals surface area (Å²) in [6.45, 7) is 0. The highest BCUT2D eigenvalue weighted by molar-refractivity contribution is 5.97. The molecular weight excluding hydrogens is 270 g/mol. The van der Waals surface area contributed by atoms with Crippen LogP contribution in [0.4, 0.5) is 0 Å². The van der Waals surface area contributed by atoms with Crippen molar-refractivity contribution in [3.63, 3.8) is 0 Å². The molecule has 0 aliphatic carbocycles. The average Bonchev–Trinajstić information content (AvgIpc) is 2.48. The minimum atomic E-state index is -0.920. The van der Waals surface area contributed by atoms with Crippen molar-refractivity contribution in [1.82, 2.24) is 9.88 Å². The van der Waals surface area contributed by atoms with Crippen LogP contribution in [0.1, 0.15) is 22.0 Å². The van der Waals surface area contributed by atoms with E-state index in [1.165, 1.54) is 22.9 Å². The van der Waals surface area contributed by atoms with Gasteiger partial charge in [-0.15, -0.1) is 0 Å². The number of nitrogens with two attached hydrogens (primary N) is 1. The Hall–Kier alpha value is -2.89. The lowest BCUT2D eigenvalue weighted by atomic mass is 10.1. The van der Waals surface area contributed by atoms with Gasteiger partial charge in [0.2, 0.25) is 11.5 Å². The molecule has 6 heteroatoms. The van der Waals surface area contributed by atoms with E-state index in [4.69, 9.17) is 5.73 Å². The van der Waals surface area contributed by atoms with Crippen LogP contribution in [0, 0.1) is 0 Å². The Labute approximate surface area is 121 Å². The molecule has 0 aliphatic heterocycles. The maximum Gasteiger partial charge on any atom is 0.253 e. The first-order valence-corrected chi connectivity index (χ1v) is 6.31. The predicted molar refractivity (Wildman–Crippen MR) is 77.5 cm³/mol. The quantitative estimate of drug-likeness (QED) is 0.848. The summed E-state index contributed by atoms with van der Waals surface area (Å²) in [5, 5.41) is 2.57. The molecule has 0 spiro atoms. The van der Waals surface area contributed by atoms with Crippen molar-refractivity contribution in [3.8, 4) is 0 Å². The van der Waals surface area contributed by atoms with Gasteiger partial charge in [0.15, 0.2) is 0 Å². The predicted octanol–water partition coefficient (Wildman–Crippen LogP) is 0.342. The molecule has 0 saturated carbocycles.